The SMILES string of the molecule is Cc1cc(C)c2nc(CNc3cccc(Cl)c3)[nH]c2c1. The molecule has 3 aromatic rings. The van der Waals surface area contributed by atoms with Gasteiger partial charge < -0.3 is 10.3 Å². The highest BCUT2D eigenvalue weighted by molar-refractivity contribution is 6.30. The standard InChI is InChI=1S/C16H16ClN3/c1-10-6-11(2)16-14(7-10)19-15(20-16)9-18-13-5-3-4-12(17)8-13/h3-8,18H,9H2,1-2H3,(H,19,20). The highest BCUT2D eigenvalue weighted by Crippen LogP contribution is 2.19. The summed E-state index contributed by atoms with van der Waals surface area (Å²) in [5.74, 6) is 0.925. The molecule has 102 valence electrons. The summed E-state index contributed by atoms with van der Waals surface area (Å²) in [6.07, 6.45) is 0. The second-order valence-electron chi connectivity index (χ2n) is 5.03. The zero-order valence-electron chi connectivity index (χ0n) is 11.5. The first kappa shape index (κ1) is 13.0. The first-order valence-electron chi connectivity index (χ1n) is 6.57. The Kier molecular flexibility index (Phi) is 3.36. The molecule has 0 aliphatic carbocycles. The van der Waals surface area contributed by atoms with Gasteiger partial charge in [-0.1, -0.05) is 23.7 Å². The van der Waals surface area contributed by atoms with Gasteiger partial charge in [0, 0.05) is 10.7 Å². The molecular weight excluding hydrogens is 270 g/mol. The molecule has 0 aliphatic rings. The number of nitrogens with one attached hydrogen (secondary N) is 2. The van der Waals surface area contributed by atoms with Crippen LogP contribution in [0.5, 0.6) is 0 Å². The molecule has 3 rings (SSSR count). The summed E-state index contributed by atoms with van der Waals surface area (Å²) in [6, 6.07) is 12.0. The molecule has 0 atom stereocenters. The molecule has 1 heterocycles. The molecule has 0 amide bonds. The minimum Gasteiger partial charge on any atom is -0.378 e. The van der Waals surface area contributed by atoms with Crippen molar-refractivity contribution in [2.45, 2.75) is 20.4 Å². The lowest BCUT2D eigenvalue weighted by Crippen LogP contribution is -2.00. The first-order valence-corrected chi connectivity index (χ1v) is 6.95. The molecule has 20 heavy (non-hydrogen) atoms. The Labute approximate surface area is 123 Å². The number of rotatable bonds is 3. The van der Waals surface area contributed by atoms with Gasteiger partial charge in [-0.05, 0) is 49.2 Å². The highest BCUT2D eigenvalue weighted by Gasteiger charge is 2.06. The van der Waals surface area contributed by atoms with E-state index in [0.717, 1.165) is 27.6 Å². The Morgan fingerprint density at radius 1 is 1.20 bits per heavy atom. The lowest BCUT2D eigenvalue weighted by atomic mass is 10.1. The molecule has 4 heteroatoms. The molecule has 3 nitrogen and oxygen atoms in total. The van der Waals surface area contributed by atoms with Crippen molar-refractivity contribution in [1.82, 2.24) is 9.97 Å². The molecule has 0 bridgehead atoms. The number of aromatic amines is 1. The minimum absolute atomic E-state index is 0.646. The Morgan fingerprint density at radius 2 is 2.05 bits per heavy atom. The van der Waals surface area contributed by atoms with Crippen molar-refractivity contribution in [3.63, 3.8) is 0 Å². The average molecular weight is 286 g/mol. The van der Waals surface area contributed by atoms with Crippen LogP contribution in [0.15, 0.2) is 36.4 Å². The highest BCUT2D eigenvalue weighted by atomic mass is 35.5. The smallest absolute Gasteiger partial charge is 0.126 e. The van der Waals surface area contributed by atoms with Gasteiger partial charge in [-0.25, -0.2) is 4.98 Å². The monoisotopic (exact) mass is 285 g/mol. The number of hydrogen-bond donors (Lipinski definition) is 2. The number of H-pyrrole nitrogens is 1. The summed E-state index contributed by atoms with van der Waals surface area (Å²) in [5.41, 5.74) is 5.56. The summed E-state index contributed by atoms with van der Waals surface area (Å²) < 4.78 is 0. The van der Waals surface area contributed by atoms with Crippen molar-refractivity contribution in [3.8, 4) is 0 Å². The van der Waals surface area contributed by atoms with Crippen LogP contribution >= 0.6 is 11.6 Å². The number of anilines is 1. The van der Waals surface area contributed by atoms with Crippen LogP contribution in [-0.4, -0.2) is 9.97 Å². The van der Waals surface area contributed by atoms with E-state index >= 15 is 0 Å². The second kappa shape index (κ2) is 5.17. The Balaban J connectivity index is 1.83. The zero-order valence-corrected chi connectivity index (χ0v) is 12.3. The van der Waals surface area contributed by atoms with Gasteiger partial charge in [0.15, 0.2) is 0 Å². The van der Waals surface area contributed by atoms with E-state index in [1.165, 1.54) is 11.1 Å². The lowest BCUT2D eigenvalue weighted by Gasteiger charge is -2.04. The van der Waals surface area contributed by atoms with Crippen LogP contribution in [0.25, 0.3) is 11.0 Å². The summed E-state index contributed by atoms with van der Waals surface area (Å²) >= 11 is 5.97. The molecule has 0 radical (unpaired) electrons. The van der Waals surface area contributed by atoms with E-state index in [1.807, 2.05) is 24.3 Å². The fourth-order valence-corrected chi connectivity index (χ4v) is 2.58. The molecule has 2 N–H and O–H groups in total. The molecule has 0 spiro atoms. The molecule has 1 aromatic heterocycles. The summed E-state index contributed by atoms with van der Waals surface area (Å²) in [6.45, 7) is 4.83. The van der Waals surface area contributed by atoms with Gasteiger partial charge in [-0.3, -0.25) is 0 Å². The Bertz CT molecular complexity index is 762. The van der Waals surface area contributed by atoms with Crippen LogP contribution in [-0.2, 0) is 6.54 Å². The van der Waals surface area contributed by atoms with Crippen LogP contribution in [0, 0.1) is 13.8 Å². The van der Waals surface area contributed by atoms with E-state index in [-0.39, 0.29) is 0 Å². The van der Waals surface area contributed by atoms with Crippen molar-refractivity contribution in [2.75, 3.05) is 5.32 Å². The van der Waals surface area contributed by atoms with E-state index in [1.54, 1.807) is 0 Å². The molecule has 0 aliphatic heterocycles. The normalized spacial score (nSPS) is 10.9. The average Bonchev–Trinajstić information content (AvgIpc) is 2.80. The third-order valence-corrected chi connectivity index (χ3v) is 3.49. The summed E-state index contributed by atoms with van der Waals surface area (Å²) in [7, 11) is 0. The molecule has 0 saturated carbocycles. The van der Waals surface area contributed by atoms with Crippen molar-refractivity contribution >= 4 is 28.3 Å². The van der Waals surface area contributed by atoms with Gasteiger partial charge in [0.1, 0.15) is 5.82 Å². The second-order valence-corrected chi connectivity index (χ2v) is 5.46. The summed E-state index contributed by atoms with van der Waals surface area (Å²) in [5, 5.41) is 4.05. The fourth-order valence-electron chi connectivity index (χ4n) is 2.39. The van der Waals surface area contributed by atoms with Crippen LogP contribution in [0.1, 0.15) is 17.0 Å². The number of hydrogen-bond acceptors (Lipinski definition) is 2. The zero-order chi connectivity index (χ0) is 14.1. The lowest BCUT2D eigenvalue weighted by molar-refractivity contribution is 1.01. The van der Waals surface area contributed by atoms with Gasteiger partial charge in [0.05, 0.1) is 17.6 Å². The third kappa shape index (κ3) is 2.63. The maximum absolute atomic E-state index is 5.97. The van der Waals surface area contributed by atoms with Crippen molar-refractivity contribution < 1.29 is 0 Å². The van der Waals surface area contributed by atoms with Crippen LogP contribution in [0.4, 0.5) is 5.69 Å². The maximum Gasteiger partial charge on any atom is 0.126 e. The van der Waals surface area contributed by atoms with E-state index < -0.39 is 0 Å². The number of nitrogens with zero attached hydrogens (tertiary/aromatic N) is 1. The first-order chi connectivity index (χ1) is 9.61. The quantitative estimate of drug-likeness (QED) is 0.746. The Morgan fingerprint density at radius 3 is 2.85 bits per heavy atom. The van der Waals surface area contributed by atoms with Crippen molar-refractivity contribution in [2.24, 2.45) is 0 Å². The largest absolute Gasteiger partial charge is 0.378 e. The van der Waals surface area contributed by atoms with E-state index in [0.29, 0.717) is 6.54 Å². The van der Waals surface area contributed by atoms with Crippen molar-refractivity contribution in [1.29, 1.82) is 0 Å². The van der Waals surface area contributed by atoms with Gasteiger partial charge in [0.25, 0.3) is 0 Å². The predicted molar refractivity (Wildman–Crippen MR) is 84.3 cm³/mol. The minimum atomic E-state index is 0.646. The maximum atomic E-state index is 5.97. The number of benzene rings is 2. The molecular formula is C16H16ClN3. The van der Waals surface area contributed by atoms with Crippen LogP contribution in [0.3, 0.4) is 0 Å². The van der Waals surface area contributed by atoms with Gasteiger partial charge in [0.2, 0.25) is 0 Å². The predicted octanol–water partition coefficient (Wildman–Crippen LogP) is 4.45. The molecule has 0 unspecified atom stereocenters. The van der Waals surface area contributed by atoms with Crippen LogP contribution in [0.2, 0.25) is 5.02 Å². The summed E-state index contributed by atoms with van der Waals surface area (Å²) in [4.78, 5) is 8.00. The van der Waals surface area contributed by atoms with E-state index in [9.17, 15) is 0 Å². The molecule has 0 saturated heterocycles. The molecule has 0 fully saturated rings. The molecule has 2 aromatic carbocycles. The van der Waals surface area contributed by atoms with Gasteiger partial charge in [-0.2, -0.15) is 0 Å². The number of imidazole rings is 1. The third-order valence-electron chi connectivity index (χ3n) is 3.26. The number of aromatic nitrogens is 2. The van der Waals surface area contributed by atoms with Gasteiger partial charge in [-0.15, -0.1) is 0 Å². The number of aryl methyl sites for hydroxylation is 2. The Hall–Kier alpha value is -2.00. The van der Waals surface area contributed by atoms with E-state index in [4.69, 9.17) is 11.6 Å². The van der Waals surface area contributed by atoms with Gasteiger partial charge >= 0.3 is 0 Å². The van der Waals surface area contributed by atoms with Crippen molar-refractivity contribution in [3.05, 3.63) is 58.4 Å². The fraction of sp³-hybridized carbons (Fsp3) is 0.188. The number of halogens is 1. The topological polar surface area (TPSA) is 40.7 Å². The van der Waals surface area contributed by atoms with E-state index in [2.05, 4.69) is 41.3 Å². The van der Waals surface area contributed by atoms with Crippen LogP contribution < -0.4 is 5.32 Å². The number of fused-ring (bicyclic) bond motifs is 1.